The number of carbonyl (C=O) groups excluding carboxylic acids is 1. The first-order chi connectivity index (χ1) is 6.65. The lowest BCUT2D eigenvalue weighted by Crippen LogP contribution is -2.26. The summed E-state index contributed by atoms with van der Waals surface area (Å²) in [6, 6.07) is 5.48. The van der Waals surface area contributed by atoms with Crippen molar-refractivity contribution in [1.29, 1.82) is 0 Å². The van der Waals surface area contributed by atoms with E-state index in [0.717, 1.165) is 0 Å². The molecule has 1 amide bonds. The summed E-state index contributed by atoms with van der Waals surface area (Å²) in [6.07, 6.45) is 1.64. The molecule has 0 radical (unpaired) electrons. The SMILES string of the molecule is C=CCN(C)C(=O)c1ccc(F)cc1. The van der Waals surface area contributed by atoms with Crippen LogP contribution < -0.4 is 0 Å². The molecule has 0 spiro atoms. The van der Waals surface area contributed by atoms with Gasteiger partial charge in [-0.3, -0.25) is 4.79 Å². The molecule has 1 aromatic rings. The maximum atomic E-state index is 12.6. The number of hydrogen-bond donors (Lipinski definition) is 0. The third-order valence-corrected chi connectivity index (χ3v) is 1.84. The predicted octanol–water partition coefficient (Wildman–Crippen LogP) is 2.08. The summed E-state index contributed by atoms with van der Waals surface area (Å²) < 4.78 is 12.6. The Morgan fingerprint density at radius 3 is 2.57 bits per heavy atom. The van der Waals surface area contributed by atoms with E-state index in [1.54, 1.807) is 13.1 Å². The maximum Gasteiger partial charge on any atom is 0.253 e. The first kappa shape index (κ1) is 10.4. The number of benzene rings is 1. The Morgan fingerprint density at radius 2 is 2.07 bits per heavy atom. The molecule has 0 atom stereocenters. The summed E-state index contributed by atoms with van der Waals surface area (Å²) in [5.41, 5.74) is 0.482. The molecule has 0 fully saturated rings. The van der Waals surface area contributed by atoms with E-state index in [1.807, 2.05) is 0 Å². The molecule has 0 N–H and O–H groups in total. The Balaban J connectivity index is 2.78. The second kappa shape index (κ2) is 4.56. The highest BCUT2D eigenvalue weighted by molar-refractivity contribution is 5.94. The van der Waals surface area contributed by atoms with Crippen LogP contribution in [0.25, 0.3) is 0 Å². The van der Waals surface area contributed by atoms with Gasteiger partial charge in [0.15, 0.2) is 0 Å². The summed E-state index contributed by atoms with van der Waals surface area (Å²) in [5, 5.41) is 0. The van der Waals surface area contributed by atoms with Gasteiger partial charge in [-0.25, -0.2) is 4.39 Å². The molecule has 1 aromatic carbocycles. The fraction of sp³-hybridized carbons (Fsp3) is 0.182. The highest BCUT2D eigenvalue weighted by Crippen LogP contribution is 2.05. The molecule has 0 aromatic heterocycles. The molecule has 0 aliphatic carbocycles. The zero-order chi connectivity index (χ0) is 10.6. The molecule has 0 saturated carbocycles. The van der Waals surface area contributed by atoms with Crippen LogP contribution in [0.2, 0.25) is 0 Å². The van der Waals surface area contributed by atoms with Crippen molar-refractivity contribution >= 4 is 5.91 Å². The molecular formula is C11H12FNO. The van der Waals surface area contributed by atoms with Crippen molar-refractivity contribution in [2.45, 2.75) is 0 Å². The number of hydrogen-bond acceptors (Lipinski definition) is 1. The summed E-state index contributed by atoms with van der Waals surface area (Å²) in [7, 11) is 1.67. The van der Waals surface area contributed by atoms with Crippen LogP contribution in [-0.2, 0) is 0 Å². The van der Waals surface area contributed by atoms with Gasteiger partial charge in [-0.15, -0.1) is 6.58 Å². The Morgan fingerprint density at radius 1 is 1.50 bits per heavy atom. The van der Waals surface area contributed by atoms with E-state index in [9.17, 15) is 9.18 Å². The van der Waals surface area contributed by atoms with Crippen molar-refractivity contribution in [3.8, 4) is 0 Å². The van der Waals surface area contributed by atoms with Crippen LogP contribution in [-0.4, -0.2) is 24.4 Å². The Labute approximate surface area is 82.7 Å². The zero-order valence-electron chi connectivity index (χ0n) is 8.03. The first-order valence-electron chi connectivity index (χ1n) is 4.27. The third-order valence-electron chi connectivity index (χ3n) is 1.84. The predicted molar refractivity (Wildman–Crippen MR) is 53.6 cm³/mol. The molecule has 1 rings (SSSR count). The third kappa shape index (κ3) is 2.42. The van der Waals surface area contributed by atoms with Crippen LogP contribution in [0.5, 0.6) is 0 Å². The second-order valence-corrected chi connectivity index (χ2v) is 2.98. The largest absolute Gasteiger partial charge is 0.338 e. The van der Waals surface area contributed by atoms with Gasteiger partial charge in [-0.05, 0) is 24.3 Å². The number of carbonyl (C=O) groups is 1. The van der Waals surface area contributed by atoms with E-state index in [0.29, 0.717) is 12.1 Å². The van der Waals surface area contributed by atoms with Crippen LogP contribution in [0, 0.1) is 5.82 Å². The average molecular weight is 193 g/mol. The Kier molecular flexibility index (Phi) is 3.40. The van der Waals surface area contributed by atoms with Gasteiger partial charge >= 0.3 is 0 Å². The molecule has 0 aliphatic heterocycles. The lowest BCUT2D eigenvalue weighted by Gasteiger charge is -2.14. The Hall–Kier alpha value is -1.64. The van der Waals surface area contributed by atoms with Crippen LogP contribution in [0.1, 0.15) is 10.4 Å². The van der Waals surface area contributed by atoms with E-state index in [4.69, 9.17) is 0 Å². The normalized spacial score (nSPS) is 9.57. The summed E-state index contributed by atoms with van der Waals surface area (Å²) in [5.74, 6) is -0.474. The number of halogens is 1. The van der Waals surface area contributed by atoms with Gasteiger partial charge in [-0.1, -0.05) is 6.08 Å². The fourth-order valence-corrected chi connectivity index (χ4v) is 1.09. The first-order valence-corrected chi connectivity index (χ1v) is 4.27. The van der Waals surface area contributed by atoms with E-state index in [-0.39, 0.29) is 11.7 Å². The summed E-state index contributed by atoms with van der Waals surface area (Å²) >= 11 is 0. The number of amides is 1. The standard InChI is InChI=1S/C11H12FNO/c1-3-8-13(2)11(14)9-4-6-10(12)7-5-9/h3-7H,1,8H2,2H3. The molecule has 3 heteroatoms. The summed E-state index contributed by atoms with van der Waals surface area (Å²) in [4.78, 5) is 13.1. The van der Waals surface area contributed by atoms with Crippen molar-refractivity contribution in [2.75, 3.05) is 13.6 Å². The molecule has 0 aliphatic rings. The zero-order valence-corrected chi connectivity index (χ0v) is 8.03. The van der Waals surface area contributed by atoms with Gasteiger partial charge in [0.2, 0.25) is 0 Å². The van der Waals surface area contributed by atoms with Crippen LogP contribution in [0.4, 0.5) is 4.39 Å². The highest BCUT2D eigenvalue weighted by atomic mass is 19.1. The molecule has 2 nitrogen and oxygen atoms in total. The fourth-order valence-electron chi connectivity index (χ4n) is 1.09. The average Bonchev–Trinajstić information content (AvgIpc) is 2.18. The topological polar surface area (TPSA) is 20.3 Å². The Bertz CT molecular complexity index is 332. The van der Waals surface area contributed by atoms with Crippen molar-refractivity contribution in [2.24, 2.45) is 0 Å². The van der Waals surface area contributed by atoms with E-state index in [2.05, 4.69) is 6.58 Å². The van der Waals surface area contributed by atoms with Crippen molar-refractivity contribution in [3.05, 3.63) is 48.3 Å². The molecule has 0 bridgehead atoms. The van der Waals surface area contributed by atoms with Crippen molar-refractivity contribution in [1.82, 2.24) is 4.90 Å². The maximum absolute atomic E-state index is 12.6. The summed E-state index contributed by atoms with van der Waals surface area (Å²) in [6.45, 7) is 4.02. The minimum absolute atomic E-state index is 0.134. The molecule has 0 saturated heterocycles. The van der Waals surface area contributed by atoms with Gasteiger partial charge in [-0.2, -0.15) is 0 Å². The lowest BCUT2D eigenvalue weighted by atomic mass is 10.2. The number of likely N-dealkylation sites (N-methyl/N-ethyl adjacent to an activating group) is 1. The smallest absolute Gasteiger partial charge is 0.253 e. The van der Waals surface area contributed by atoms with Gasteiger partial charge in [0.25, 0.3) is 5.91 Å². The number of nitrogens with zero attached hydrogens (tertiary/aromatic N) is 1. The van der Waals surface area contributed by atoms with E-state index < -0.39 is 0 Å². The van der Waals surface area contributed by atoms with Crippen molar-refractivity contribution < 1.29 is 9.18 Å². The van der Waals surface area contributed by atoms with Gasteiger partial charge < -0.3 is 4.90 Å². The monoisotopic (exact) mass is 193 g/mol. The second-order valence-electron chi connectivity index (χ2n) is 2.98. The van der Waals surface area contributed by atoms with Gasteiger partial charge in [0, 0.05) is 19.2 Å². The number of rotatable bonds is 3. The van der Waals surface area contributed by atoms with E-state index >= 15 is 0 Å². The van der Waals surface area contributed by atoms with Gasteiger partial charge in [0.05, 0.1) is 0 Å². The molecule has 74 valence electrons. The van der Waals surface area contributed by atoms with Gasteiger partial charge in [0.1, 0.15) is 5.82 Å². The van der Waals surface area contributed by atoms with E-state index in [1.165, 1.54) is 29.2 Å². The van der Waals surface area contributed by atoms with Crippen LogP contribution in [0.3, 0.4) is 0 Å². The van der Waals surface area contributed by atoms with Crippen LogP contribution >= 0.6 is 0 Å². The highest BCUT2D eigenvalue weighted by Gasteiger charge is 2.09. The molecule has 0 heterocycles. The molecule has 14 heavy (non-hydrogen) atoms. The minimum Gasteiger partial charge on any atom is -0.338 e. The van der Waals surface area contributed by atoms with Crippen LogP contribution in [0.15, 0.2) is 36.9 Å². The lowest BCUT2D eigenvalue weighted by molar-refractivity contribution is 0.0810. The van der Waals surface area contributed by atoms with Crippen molar-refractivity contribution in [3.63, 3.8) is 0 Å². The minimum atomic E-state index is -0.340. The molecule has 0 unspecified atom stereocenters. The molecular weight excluding hydrogens is 181 g/mol. The quantitative estimate of drug-likeness (QED) is 0.673.